The topological polar surface area (TPSA) is 116 Å². The first-order valence-electron chi connectivity index (χ1n) is 8.49. The van der Waals surface area contributed by atoms with Crippen molar-refractivity contribution >= 4 is 15.9 Å². The zero-order chi connectivity index (χ0) is 18.6. The van der Waals surface area contributed by atoms with E-state index in [2.05, 4.69) is 0 Å². The van der Waals surface area contributed by atoms with Crippen LogP contribution < -0.4 is 10.9 Å². The van der Waals surface area contributed by atoms with E-state index in [4.69, 9.17) is 15.6 Å². The van der Waals surface area contributed by atoms with E-state index in [1.165, 1.54) is 6.07 Å². The molecule has 7 nitrogen and oxygen atoms in total. The fourth-order valence-corrected chi connectivity index (χ4v) is 3.87. The molecular weight excluding hydrogens is 342 g/mol. The highest BCUT2D eigenvalue weighted by Gasteiger charge is 2.25. The van der Waals surface area contributed by atoms with Crippen LogP contribution in [0.2, 0.25) is 0 Å². The van der Waals surface area contributed by atoms with Crippen molar-refractivity contribution < 1.29 is 17.9 Å². The van der Waals surface area contributed by atoms with Crippen molar-refractivity contribution in [1.82, 2.24) is 4.90 Å². The number of carbonyl (C=O) groups excluding carboxylic acids is 1. The summed E-state index contributed by atoms with van der Waals surface area (Å²) in [5, 5.41) is 5.27. The second-order valence-electron chi connectivity index (χ2n) is 6.47. The number of sulfonamides is 1. The van der Waals surface area contributed by atoms with Crippen LogP contribution in [0.3, 0.4) is 0 Å². The first-order valence-corrected chi connectivity index (χ1v) is 10.0. The molecule has 25 heavy (non-hydrogen) atoms. The fourth-order valence-electron chi connectivity index (χ4n) is 2.99. The van der Waals surface area contributed by atoms with E-state index in [1.54, 1.807) is 24.8 Å². The lowest BCUT2D eigenvalue weighted by atomic mass is 10.0. The molecule has 1 aromatic rings. The highest BCUT2D eigenvalue weighted by atomic mass is 32.2. The van der Waals surface area contributed by atoms with Crippen molar-refractivity contribution in [2.45, 2.75) is 44.1 Å². The third-order valence-electron chi connectivity index (χ3n) is 4.60. The predicted molar refractivity (Wildman–Crippen MR) is 95.8 cm³/mol. The molecule has 140 valence electrons. The molecule has 1 aliphatic heterocycles. The third-order valence-corrected chi connectivity index (χ3v) is 5.64. The smallest absolute Gasteiger partial charge is 0.253 e. The van der Waals surface area contributed by atoms with Gasteiger partial charge in [-0.15, -0.1) is 0 Å². The maximum absolute atomic E-state index is 12.7. The van der Waals surface area contributed by atoms with Gasteiger partial charge in [0.25, 0.3) is 5.91 Å². The second-order valence-corrected chi connectivity index (χ2v) is 8.00. The van der Waals surface area contributed by atoms with Crippen LogP contribution in [0.4, 0.5) is 0 Å². The van der Waals surface area contributed by atoms with Gasteiger partial charge in [-0.25, -0.2) is 13.6 Å². The van der Waals surface area contributed by atoms with E-state index in [-0.39, 0.29) is 16.9 Å². The monoisotopic (exact) mass is 369 g/mol. The maximum atomic E-state index is 12.7. The summed E-state index contributed by atoms with van der Waals surface area (Å²) in [5.74, 6) is -0.173. The number of likely N-dealkylation sites (tertiary alicyclic amines) is 1. The molecule has 0 aromatic heterocycles. The van der Waals surface area contributed by atoms with E-state index in [0.29, 0.717) is 37.4 Å². The Morgan fingerprint density at radius 2 is 1.92 bits per heavy atom. The molecule has 1 aromatic carbocycles. The van der Waals surface area contributed by atoms with Gasteiger partial charge in [-0.05, 0) is 62.9 Å². The number of rotatable bonds is 6. The average molecular weight is 369 g/mol. The van der Waals surface area contributed by atoms with E-state index >= 15 is 0 Å². The zero-order valence-electron chi connectivity index (χ0n) is 14.8. The summed E-state index contributed by atoms with van der Waals surface area (Å²) in [5.41, 5.74) is 7.11. The number of ether oxygens (including phenoxy) is 1. The minimum atomic E-state index is -3.87. The molecule has 1 fully saturated rings. The average Bonchev–Trinajstić information content (AvgIpc) is 2.56. The van der Waals surface area contributed by atoms with Crippen LogP contribution in [0.5, 0.6) is 0 Å². The van der Waals surface area contributed by atoms with Crippen molar-refractivity contribution in [3.8, 4) is 0 Å². The number of carbonyl (C=O) groups is 1. The number of nitrogens with two attached hydrogens (primary N) is 2. The Morgan fingerprint density at radius 3 is 2.48 bits per heavy atom. The van der Waals surface area contributed by atoms with Crippen LogP contribution in [-0.4, -0.2) is 51.6 Å². The fraction of sp³-hybridized carbons (Fsp3) is 0.588. The molecule has 0 aliphatic carbocycles. The summed E-state index contributed by atoms with van der Waals surface area (Å²) in [6.45, 7) is 5.89. The van der Waals surface area contributed by atoms with Crippen LogP contribution in [0, 0.1) is 13.8 Å². The lowest BCUT2D eigenvalue weighted by Gasteiger charge is -2.32. The first-order chi connectivity index (χ1) is 11.7. The normalized spacial score (nSPS) is 16.2. The minimum absolute atomic E-state index is 0.0100. The van der Waals surface area contributed by atoms with Gasteiger partial charge in [0, 0.05) is 25.3 Å². The summed E-state index contributed by atoms with van der Waals surface area (Å²) in [6.07, 6.45) is 2.51. The number of primary sulfonamides is 1. The predicted octanol–water partition coefficient (Wildman–Crippen LogP) is 0.921. The minimum Gasteiger partial charge on any atom is -0.378 e. The molecule has 0 radical (unpaired) electrons. The summed E-state index contributed by atoms with van der Waals surface area (Å²) < 4.78 is 29.2. The van der Waals surface area contributed by atoms with E-state index in [1.807, 2.05) is 0 Å². The van der Waals surface area contributed by atoms with E-state index < -0.39 is 10.0 Å². The third kappa shape index (κ3) is 5.01. The van der Waals surface area contributed by atoms with E-state index in [0.717, 1.165) is 24.8 Å². The summed E-state index contributed by atoms with van der Waals surface area (Å²) in [6, 6.07) is 3.10. The molecule has 0 spiro atoms. The molecule has 0 atom stereocenters. The molecule has 0 unspecified atom stereocenters. The van der Waals surface area contributed by atoms with Crippen molar-refractivity contribution in [3.63, 3.8) is 0 Å². The number of benzene rings is 1. The zero-order valence-corrected chi connectivity index (χ0v) is 15.6. The van der Waals surface area contributed by atoms with Gasteiger partial charge in [-0.3, -0.25) is 4.79 Å². The number of nitrogens with zero attached hydrogens (tertiary/aromatic N) is 1. The lowest BCUT2D eigenvalue weighted by molar-refractivity contribution is 0.00844. The Kier molecular flexibility index (Phi) is 6.56. The quantitative estimate of drug-likeness (QED) is 0.724. The van der Waals surface area contributed by atoms with Gasteiger partial charge in [-0.2, -0.15) is 0 Å². The highest BCUT2D eigenvalue weighted by molar-refractivity contribution is 7.89. The van der Waals surface area contributed by atoms with Crippen LogP contribution in [0.15, 0.2) is 17.0 Å². The molecule has 0 saturated carbocycles. The molecule has 1 saturated heterocycles. The molecule has 1 heterocycles. The summed E-state index contributed by atoms with van der Waals surface area (Å²) in [4.78, 5) is 14.5. The largest absolute Gasteiger partial charge is 0.378 e. The van der Waals surface area contributed by atoms with Gasteiger partial charge in [0.1, 0.15) is 0 Å². The second kappa shape index (κ2) is 8.27. The van der Waals surface area contributed by atoms with Crippen LogP contribution in [-0.2, 0) is 14.8 Å². The van der Waals surface area contributed by atoms with Gasteiger partial charge in [-0.1, -0.05) is 0 Å². The van der Waals surface area contributed by atoms with Crippen LogP contribution >= 0.6 is 0 Å². The van der Waals surface area contributed by atoms with Gasteiger partial charge < -0.3 is 15.4 Å². The summed E-state index contributed by atoms with van der Waals surface area (Å²) >= 11 is 0. The van der Waals surface area contributed by atoms with Gasteiger partial charge in [0.05, 0.1) is 11.0 Å². The molecule has 4 N–H and O–H groups in total. The SMILES string of the molecule is Cc1cc(C(=O)N2CCC(OCCCN)CC2)cc(S(N)(=O)=O)c1C. The molecular formula is C17H27N3O4S. The Morgan fingerprint density at radius 1 is 1.28 bits per heavy atom. The first kappa shape index (κ1) is 19.8. The lowest BCUT2D eigenvalue weighted by Crippen LogP contribution is -2.41. The molecule has 0 bridgehead atoms. The summed E-state index contributed by atoms with van der Waals surface area (Å²) in [7, 11) is -3.87. The number of amides is 1. The standard InChI is InChI=1S/C17H27N3O4S/c1-12-10-14(11-16(13(12)2)25(19,22)23)17(21)20-7-4-15(5-8-20)24-9-3-6-18/h10-11,15H,3-9,18H2,1-2H3,(H2,19,22,23). The Balaban J connectivity index is 2.08. The van der Waals surface area contributed by atoms with Crippen molar-refractivity contribution in [2.24, 2.45) is 10.9 Å². The number of hydrogen-bond acceptors (Lipinski definition) is 5. The van der Waals surface area contributed by atoms with Crippen molar-refractivity contribution in [3.05, 3.63) is 28.8 Å². The molecule has 2 rings (SSSR count). The number of aryl methyl sites for hydroxylation is 1. The van der Waals surface area contributed by atoms with Crippen molar-refractivity contribution in [1.29, 1.82) is 0 Å². The van der Waals surface area contributed by atoms with Gasteiger partial charge in [0.2, 0.25) is 10.0 Å². The Bertz CT molecular complexity index is 726. The van der Waals surface area contributed by atoms with Crippen LogP contribution in [0.25, 0.3) is 0 Å². The highest BCUT2D eigenvalue weighted by Crippen LogP contribution is 2.23. The van der Waals surface area contributed by atoms with Crippen LogP contribution in [0.1, 0.15) is 40.7 Å². The van der Waals surface area contributed by atoms with E-state index in [9.17, 15) is 13.2 Å². The number of hydrogen-bond donors (Lipinski definition) is 2. The van der Waals surface area contributed by atoms with Crippen molar-refractivity contribution in [2.75, 3.05) is 26.2 Å². The Hall–Kier alpha value is -1.48. The molecule has 1 amide bonds. The molecule has 8 heteroatoms. The number of piperidine rings is 1. The van der Waals surface area contributed by atoms with Gasteiger partial charge >= 0.3 is 0 Å². The molecule has 1 aliphatic rings. The van der Waals surface area contributed by atoms with Gasteiger partial charge in [0.15, 0.2) is 0 Å². The Labute approximate surface area is 149 Å². The maximum Gasteiger partial charge on any atom is 0.253 e.